The molecule has 106 valence electrons. The van der Waals surface area contributed by atoms with Gasteiger partial charge in [0.1, 0.15) is 5.75 Å². The zero-order chi connectivity index (χ0) is 14.7. The van der Waals surface area contributed by atoms with Gasteiger partial charge in [-0.25, -0.2) is 0 Å². The minimum atomic E-state index is 0.0859. The van der Waals surface area contributed by atoms with E-state index in [4.69, 9.17) is 16.3 Å². The van der Waals surface area contributed by atoms with Crippen LogP contribution in [0.15, 0.2) is 36.4 Å². The summed E-state index contributed by atoms with van der Waals surface area (Å²) in [5, 5.41) is 4.05. The van der Waals surface area contributed by atoms with E-state index < -0.39 is 0 Å². The number of halogens is 1. The first-order chi connectivity index (χ1) is 9.56. The van der Waals surface area contributed by atoms with Crippen molar-refractivity contribution >= 4 is 11.6 Å². The van der Waals surface area contributed by atoms with Crippen molar-refractivity contribution in [2.45, 2.75) is 19.9 Å². The van der Waals surface area contributed by atoms with Crippen LogP contribution in [0.1, 0.15) is 28.3 Å². The monoisotopic (exact) mass is 289 g/mol. The first-order valence-electron chi connectivity index (χ1n) is 6.64. The number of nitrogens with one attached hydrogen (secondary N) is 1. The van der Waals surface area contributed by atoms with Gasteiger partial charge in [0.15, 0.2) is 0 Å². The van der Waals surface area contributed by atoms with Crippen LogP contribution in [0.5, 0.6) is 5.75 Å². The molecule has 2 aromatic rings. The third-order valence-corrected chi connectivity index (χ3v) is 3.77. The first kappa shape index (κ1) is 14.9. The van der Waals surface area contributed by atoms with Crippen LogP contribution in [0.3, 0.4) is 0 Å². The lowest BCUT2D eigenvalue weighted by molar-refractivity contribution is 0.405. The van der Waals surface area contributed by atoms with E-state index in [1.54, 1.807) is 7.11 Å². The Labute approximate surface area is 125 Å². The largest absolute Gasteiger partial charge is 0.496 e. The van der Waals surface area contributed by atoms with Crippen LogP contribution in [0, 0.1) is 13.8 Å². The zero-order valence-electron chi connectivity index (χ0n) is 12.3. The average molecular weight is 290 g/mol. The molecule has 0 fully saturated rings. The summed E-state index contributed by atoms with van der Waals surface area (Å²) in [6.07, 6.45) is 0. The van der Waals surface area contributed by atoms with Crippen molar-refractivity contribution < 1.29 is 4.74 Å². The van der Waals surface area contributed by atoms with Crippen LogP contribution in [0.2, 0.25) is 5.02 Å². The highest BCUT2D eigenvalue weighted by Gasteiger charge is 2.18. The normalized spacial score (nSPS) is 12.2. The third-order valence-electron chi connectivity index (χ3n) is 3.53. The van der Waals surface area contributed by atoms with Crippen molar-refractivity contribution in [2.24, 2.45) is 0 Å². The minimum Gasteiger partial charge on any atom is -0.496 e. The highest BCUT2D eigenvalue weighted by Crippen LogP contribution is 2.33. The van der Waals surface area contributed by atoms with E-state index in [1.165, 1.54) is 16.7 Å². The second-order valence-electron chi connectivity index (χ2n) is 4.97. The zero-order valence-corrected chi connectivity index (χ0v) is 13.1. The maximum atomic E-state index is 6.04. The van der Waals surface area contributed by atoms with Crippen molar-refractivity contribution in [3.8, 4) is 5.75 Å². The number of methoxy groups -OCH3 is 1. The molecule has 0 aliphatic heterocycles. The Kier molecular flexibility index (Phi) is 4.69. The quantitative estimate of drug-likeness (QED) is 0.907. The van der Waals surface area contributed by atoms with Crippen molar-refractivity contribution in [1.82, 2.24) is 5.32 Å². The van der Waals surface area contributed by atoms with Gasteiger partial charge in [0.25, 0.3) is 0 Å². The Balaban J connectivity index is 2.52. The van der Waals surface area contributed by atoms with Gasteiger partial charge >= 0.3 is 0 Å². The number of benzene rings is 2. The molecule has 0 bridgehead atoms. The van der Waals surface area contributed by atoms with Gasteiger partial charge in [-0.15, -0.1) is 0 Å². The lowest BCUT2D eigenvalue weighted by atomic mass is 9.93. The van der Waals surface area contributed by atoms with E-state index in [9.17, 15) is 0 Å². The SMILES string of the molecule is CNC(c1ccc(C)cc1C)c1ccc(Cl)cc1OC. The Morgan fingerprint density at radius 3 is 2.35 bits per heavy atom. The fourth-order valence-corrected chi connectivity index (χ4v) is 2.71. The average Bonchev–Trinajstić information content (AvgIpc) is 2.43. The summed E-state index contributed by atoms with van der Waals surface area (Å²) < 4.78 is 5.47. The second kappa shape index (κ2) is 6.29. The molecular weight excluding hydrogens is 270 g/mol. The Morgan fingerprint density at radius 1 is 1.05 bits per heavy atom. The lowest BCUT2D eigenvalue weighted by Crippen LogP contribution is -2.19. The molecule has 0 heterocycles. The van der Waals surface area contributed by atoms with Crippen LogP contribution in [0.4, 0.5) is 0 Å². The van der Waals surface area contributed by atoms with E-state index in [2.05, 4.69) is 37.4 Å². The fourth-order valence-electron chi connectivity index (χ4n) is 2.55. The van der Waals surface area contributed by atoms with Crippen molar-refractivity contribution in [3.63, 3.8) is 0 Å². The molecule has 0 aliphatic carbocycles. The minimum absolute atomic E-state index is 0.0859. The van der Waals surface area contributed by atoms with Gasteiger partial charge < -0.3 is 10.1 Å². The van der Waals surface area contributed by atoms with Gasteiger partial charge in [0.05, 0.1) is 13.2 Å². The van der Waals surface area contributed by atoms with Crippen LogP contribution < -0.4 is 10.1 Å². The standard InChI is InChI=1S/C17H20ClNO/c1-11-5-7-14(12(2)9-11)17(19-3)15-8-6-13(18)10-16(15)20-4/h5-10,17,19H,1-4H3. The van der Waals surface area contributed by atoms with Gasteiger partial charge in [-0.2, -0.15) is 0 Å². The molecule has 20 heavy (non-hydrogen) atoms. The molecule has 1 N–H and O–H groups in total. The summed E-state index contributed by atoms with van der Waals surface area (Å²) in [5.74, 6) is 0.803. The van der Waals surface area contributed by atoms with E-state index in [0.29, 0.717) is 5.02 Å². The van der Waals surface area contributed by atoms with E-state index >= 15 is 0 Å². The highest BCUT2D eigenvalue weighted by molar-refractivity contribution is 6.30. The predicted molar refractivity (Wildman–Crippen MR) is 84.8 cm³/mol. The highest BCUT2D eigenvalue weighted by atomic mass is 35.5. The lowest BCUT2D eigenvalue weighted by Gasteiger charge is -2.22. The van der Waals surface area contributed by atoms with Crippen LogP contribution >= 0.6 is 11.6 Å². The van der Waals surface area contributed by atoms with Gasteiger partial charge in [0, 0.05) is 10.6 Å². The van der Waals surface area contributed by atoms with E-state index in [0.717, 1.165) is 11.3 Å². The number of rotatable bonds is 4. The summed E-state index contributed by atoms with van der Waals surface area (Å²) >= 11 is 6.04. The second-order valence-corrected chi connectivity index (χ2v) is 5.40. The van der Waals surface area contributed by atoms with Gasteiger partial charge in [-0.1, -0.05) is 41.4 Å². The van der Waals surface area contributed by atoms with Crippen molar-refractivity contribution in [3.05, 3.63) is 63.7 Å². The van der Waals surface area contributed by atoms with Crippen LogP contribution in [-0.4, -0.2) is 14.2 Å². The van der Waals surface area contributed by atoms with Gasteiger partial charge in [-0.05, 0) is 44.2 Å². The smallest absolute Gasteiger partial charge is 0.125 e. The molecule has 0 saturated carbocycles. The Hall–Kier alpha value is -1.51. The molecule has 2 aromatic carbocycles. The summed E-state index contributed by atoms with van der Waals surface area (Å²) in [6, 6.07) is 12.3. The number of hydrogen-bond acceptors (Lipinski definition) is 2. The molecule has 0 saturated heterocycles. The molecule has 0 amide bonds. The van der Waals surface area contributed by atoms with Crippen molar-refractivity contribution in [2.75, 3.05) is 14.2 Å². The Bertz CT molecular complexity index is 610. The molecule has 1 atom stereocenters. The summed E-state index contributed by atoms with van der Waals surface area (Å²) in [7, 11) is 3.63. The summed E-state index contributed by atoms with van der Waals surface area (Å²) in [4.78, 5) is 0. The maximum Gasteiger partial charge on any atom is 0.125 e. The molecule has 2 nitrogen and oxygen atoms in total. The molecule has 0 aromatic heterocycles. The molecule has 0 spiro atoms. The van der Waals surface area contributed by atoms with Crippen LogP contribution in [-0.2, 0) is 0 Å². The summed E-state index contributed by atoms with van der Waals surface area (Å²) in [5.41, 5.74) is 4.87. The van der Waals surface area contributed by atoms with Gasteiger partial charge in [-0.3, -0.25) is 0 Å². The third kappa shape index (κ3) is 2.97. The summed E-state index contributed by atoms with van der Waals surface area (Å²) in [6.45, 7) is 4.24. The van der Waals surface area contributed by atoms with Gasteiger partial charge in [0.2, 0.25) is 0 Å². The fraction of sp³-hybridized carbons (Fsp3) is 0.294. The molecule has 0 aliphatic rings. The Morgan fingerprint density at radius 2 is 1.75 bits per heavy atom. The topological polar surface area (TPSA) is 21.3 Å². The molecular formula is C17H20ClNO. The first-order valence-corrected chi connectivity index (χ1v) is 7.02. The van der Waals surface area contributed by atoms with E-state index in [1.807, 2.05) is 25.2 Å². The number of aryl methyl sites for hydroxylation is 2. The number of hydrogen-bond donors (Lipinski definition) is 1. The molecule has 3 heteroatoms. The maximum absolute atomic E-state index is 6.04. The molecule has 1 unspecified atom stereocenters. The predicted octanol–water partition coefficient (Wildman–Crippen LogP) is 4.27. The van der Waals surface area contributed by atoms with E-state index in [-0.39, 0.29) is 6.04 Å². The van der Waals surface area contributed by atoms with Crippen LogP contribution in [0.25, 0.3) is 0 Å². The van der Waals surface area contributed by atoms with Crippen molar-refractivity contribution in [1.29, 1.82) is 0 Å². The molecule has 2 rings (SSSR count). The number of ether oxygens (including phenoxy) is 1. The molecule has 0 radical (unpaired) electrons.